The van der Waals surface area contributed by atoms with Crippen molar-refractivity contribution < 1.29 is 22.7 Å². The van der Waals surface area contributed by atoms with Crippen LogP contribution in [0.1, 0.15) is 25.8 Å². The zero-order valence-electron chi connectivity index (χ0n) is 14.2. The molecule has 8 heteroatoms. The second kappa shape index (κ2) is 7.85. The quantitative estimate of drug-likeness (QED) is 0.760. The molecular formula is C16H24N2O5S. The fraction of sp³-hybridized carbons (Fsp3) is 0.562. The van der Waals surface area contributed by atoms with Gasteiger partial charge in [-0.3, -0.25) is 4.79 Å². The minimum atomic E-state index is -3.31. The molecule has 1 aliphatic rings. The van der Waals surface area contributed by atoms with E-state index in [9.17, 15) is 13.2 Å². The van der Waals surface area contributed by atoms with Gasteiger partial charge in [0.2, 0.25) is 22.7 Å². The summed E-state index contributed by atoms with van der Waals surface area (Å²) in [7, 11) is -3.31. The van der Waals surface area contributed by atoms with E-state index in [4.69, 9.17) is 9.47 Å². The summed E-state index contributed by atoms with van der Waals surface area (Å²) in [5.74, 6) is 1.38. The monoisotopic (exact) mass is 356 g/mol. The van der Waals surface area contributed by atoms with Crippen LogP contribution in [0.4, 0.5) is 0 Å². The molecule has 2 rings (SSSR count). The Kier molecular flexibility index (Phi) is 6.06. The van der Waals surface area contributed by atoms with Crippen LogP contribution in [0.2, 0.25) is 0 Å². The summed E-state index contributed by atoms with van der Waals surface area (Å²) in [4.78, 5) is 12.0. The van der Waals surface area contributed by atoms with Gasteiger partial charge in [-0.25, -0.2) is 12.7 Å². The number of carbonyl (C=O) groups excluding carboxylic acids is 1. The van der Waals surface area contributed by atoms with Crippen LogP contribution in [0.3, 0.4) is 0 Å². The Morgan fingerprint density at radius 3 is 2.67 bits per heavy atom. The van der Waals surface area contributed by atoms with Gasteiger partial charge in [-0.1, -0.05) is 19.9 Å². The smallest absolute Gasteiger partial charge is 0.231 e. The van der Waals surface area contributed by atoms with Crippen molar-refractivity contribution >= 4 is 15.9 Å². The average molecular weight is 356 g/mol. The topological polar surface area (TPSA) is 84.9 Å². The highest BCUT2D eigenvalue weighted by Gasteiger charge is 2.19. The van der Waals surface area contributed by atoms with Gasteiger partial charge >= 0.3 is 0 Å². The molecule has 0 unspecified atom stereocenters. The second-order valence-corrected chi connectivity index (χ2v) is 8.21. The number of rotatable bonds is 8. The maximum atomic E-state index is 12.0. The summed E-state index contributed by atoms with van der Waals surface area (Å²) in [6, 6.07) is 5.48. The van der Waals surface area contributed by atoms with Crippen molar-refractivity contribution in [3.8, 4) is 11.5 Å². The third kappa shape index (κ3) is 5.38. The molecule has 134 valence electrons. The van der Waals surface area contributed by atoms with Crippen LogP contribution in [0.25, 0.3) is 0 Å². The third-order valence-corrected chi connectivity index (χ3v) is 4.82. The van der Waals surface area contributed by atoms with Crippen LogP contribution >= 0.6 is 0 Å². The number of hydrogen-bond donors (Lipinski definition) is 1. The minimum Gasteiger partial charge on any atom is -0.454 e. The fourth-order valence-corrected chi connectivity index (χ4v) is 3.36. The first-order valence-electron chi connectivity index (χ1n) is 7.86. The lowest BCUT2D eigenvalue weighted by Crippen LogP contribution is -2.36. The molecule has 1 aliphatic heterocycles. The number of nitrogens with zero attached hydrogens (tertiary/aromatic N) is 1. The third-order valence-electron chi connectivity index (χ3n) is 3.55. The molecule has 24 heavy (non-hydrogen) atoms. The van der Waals surface area contributed by atoms with Crippen LogP contribution in [0, 0.1) is 5.92 Å². The lowest BCUT2D eigenvalue weighted by molar-refractivity contribution is -0.121. The van der Waals surface area contributed by atoms with Gasteiger partial charge in [0.1, 0.15) is 0 Å². The highest BCUT2D eigenvalue weighted by Crippen LogP contribution is 2.32. The van der Waals surface area contributed by atoms with Crippen molar-refractivity contribution in [1.82, 2.24) is 9.62 Å². The maximum Gasteiger partial charge on any atom is 0.231 e. The zero-order chi connectivity index (χ0) is 17.7. The number of benzene rings is 1. The van der Waals surface area contributed by atoms with Crippen molar-refractivity contribution in [2.75, 3.05) is 26.1 Å². The normalized spacial score (nSPS) is 13.5. The molecule has 1 amide bonds. The fourth-order valence-electron chi connectivity index (χ4n) is 2.37. The number of amides is 1. The summed E-state index contributed by atoms with van der Waals surface area (Å²) in [5, 5.41) is 2.79. The van der Waals surface area contributed by atoms with Crippen molar-refractivity contribution in [1.29, 1.82) is 0 Å². The first-order valence-corrected chi connectivity index (χ1v) is 9.71. The van der Waals surface area contributed by atoms with Gasteiger partial charge in [0.25, 0.3) is 0 Å². The predicted molar refractivity (Wildman–Crippen MR) is 90.3 cm³/mol. The van der Waals surface area contributed by atoms with Gasteiger partial charge in [-0.15, -0.1) is 0 Å². The van der Waals surface area contributed by atoms with Gasteiger partial charge in [0.15, 0.2) is 11.5 Å². The zero-order valence-corrected chi connectivity index (χ0v) is 15.1. The molecule has 0 aromatic heterocycles. The Morgan fingerprint density at radius 1 is 1.29 bits per heavy atom. The molecule has 1 aromatic rings. The van der Waals surface area contributed by atoms with Crippen LogP contribution < -0.4 is 14.8 Å². The van der Waals surface area contributed by atoms with Gasteiger partial charge in [0, 0.05) is 26.1 Å². The summed E-state index contributed by atoms with van der Waals surface area (Å²) in [6.07, 6.45) is 1.30. The van der Waals surface area contributed by atoms with Crippen LogP contribution in [-0.2, 0) is 21.4 Å². The largest absolute Gasteiger partial charge is 0.454 e. The van der Waals surface area contributed by atoms with Crippen molar-refractivity contribution in [2.45, 2.75) is 26.8 Å². The molecule has 0 fully saturated rings. The van der Waals surface area contributed by atoms with Crippen molar-refractivity contribution in [3.63, 3.8) is 0 Å². The Balaban J connectivity index is 1.82. The maximum absolute atomic E-state index is 12.0. The van der Waals surface area contributed by atoms with E-state index in [-0.39, 0.29) is 31.6 Å². The molecule has 0 saturated heterocycles. The molecule has 0 atom stereocenters. The molecule has 1 aromatic carbocycles. The highest BCUT2D eigenvalue weighted by atomic mass is 32.2. The van der Waals surface area contributed by atoms with E-state index in [2.05, 4.69) is 5.32 Å². The Bertz CT molecular complexity index is 688. The molecule has 1 heterocycles. The van der Waals surface area contributed by atoms with E-state index in [1.165, 1.54) is 10.6 Å². The van der Waals surface area contributed by atoms with Crippen molar-refractivity contribution in [2.24, 2.45) is 5.92 Å². The molecule has 0 bridgehead atoms. The molecule has 1 N–H and O–H groups in total. The first-order chi connectivity index (χ1) is 11.3. The lowest BCUT2D eigenvalue weighted by Gasteiger charge is -2.21. The van der Waals surface area contributed by atoms with Crippen LogP contribution in [0.15, 0.2) is 18.2 Å². The van der Waals surface area contributed by atoms with Gasteiger partial charge in [-0.05, 0) is 23.6 Å². The average Bonchev–Trinajstić information content (AvgIpc) is 2.95. The molecule has 0 spiro atoms. The molecular weight excluding hydrogens is 332 g/mol. The summed E-state index contributed by atoms with van der Waals surface area (Å²) in [5.41, 5.74) is 0.898. The van der Waals surface area contributed by atoms with E-state index >= 15 is 0 Å². The standard InChI is InChI=1S/C16H24N2O5S/c1-12(2)10-18(24(3,20)21)7-6-16(19)17-9-13-4-5-14-15(8-13)23-11-22-14/h4-5,8,12H,6-7,9-11H2,1-3H3,(H,17,19). The molecule has 7 nitrogen and oxygen atoms in total. The minimum absolute atomic E-state index is 0.129. The van der Waals surface area contributed by atoms with Crippen LogP contribution in [-0.4, -0.2) is 44.8 Å². The van der Waals surface area contributed by atoms with E-state index in [1.54, 1.807) is 6.07 Å². The summed E-state index contributed by atoms with van der Waals surface area (Å²) < 4.78 is 35.3. The highest BCUT2D eigenvalue weighted by molar-refractivity contribution is 7.88. The number of hydrogen-bond acceptors (Lipinski definition) is 5. The van der Waals surface area contributed by atoms with E-state index in [1.807, 2.05) is 26.0 Å². The van der Waals surface area contributed by atoms with Crippen LogP contribution in [0.5, 0.6) is 11.5 Å². The van der Waals surface area contributed by atoms with E-state index in [0.29, 0.717) is 24.6 Å². The Labute approximate surface area is 143 Å². The summed E-state index contributed by atoms with van der Waals surface area (Å²) >= 11 is 0. The molecule has 0 radical (unpaired) electrons. The number of carbonyl (C=O) groups is 1. The van der Waals surface area contributed by atoms with E-state index in [0.717, 1.165) is 5.56 Å². The van der Waals surface area contributed by atoms with Gasteiger partial charge in [0.05, 0.1) is 6.26 Å². The SMILES string of the molecule is CC(C)CN(CCC(=O)NCc1ccc2c(c1)OCO2)S(C)(=O)=O. The van der Waals surface area contributed by atoms with Gasteiger partial charge < -0.3 is 14.8 Å². The molecule has 0 aliphatic carbocycles. The van der Waals surface area contributed by atoms with Gasteiger partial charge in [-0.2, -0.15) is 0 Å². The first kappa shape index (κ1) is 18.5. The molecule has 0 saturated carbocycles. The Morgan fingerprint density at radius 2 is 2.00 bits per heavy atom. The summed E-state index contributed by atoms with van der Waals surface area (Å²) in [6.45, 7) is 5.05. The number of nitrogens with one attached hydrogen (secondary N) is 1. The number of ether oxygens (including phenoxy) is 2. The number of sulfonamides is 1. The lowest BCUT2D eigenvalue weighted by atomic mass is 10.2. The van der Waals surface area contributed by atoms with Crippen molar-refractivity contribution in [3.05, 3.63) is 23.8 Å². The number of fused-ring (bicyclic) bond motifs is 1. The Hall–Kier alpha value is -1.80. The van der Waals surface area contributed by atoms with E-state index < -0.39 is 10.0 Å². The second-order valence-electron chi connectivity index (χ2n) is 6.23. The predicted octanol–water partition coefficient (Wildman–Crippen LogP) is 1.34.